The van der Waals surface area contributed by atoms with E-state index in [-0.39, 0.29) is 30.4 Å². The smallest absolute Gasteiger partial charge is 0.417 e. The van der Waals surface area contributed by atoms with Crippen LogP contribution in [0.2, 0.25) is 5.02 Å². The fraction of sp³-hybridized carbons (Fsp3) is 0.333. The van der Waals surface area contributed by atoms with E-state index in [0.29, 0.717) is 11.4 Å². The summed E-state index contributed by atoms with van der Waals surface area (Å²) in [4.78, 5) is 17.1. The number of hydrogen-bond donors (Lipinski definition) is 1. The Bertz CT molecular complexity index is 1430. The number of pyridine rings is 1. The molecule has 0 bridgehead atoms. The van der Waals surface area contributed by atoms with E-state index >= 15 is 0 Å². The molecule has 0 spiro atoms. The first-order valence-electron chi connectivity index (χ1n) is 12.6. The summed E-state index contributed by atoms with van der Waals surface area (Å²) in [7, 11) is 2.00. The Balaban J connectivity index is 1.52. The van der Waals surface area contributed by atoms with Crippen molar-refractivity contribution in [2.75, 3.05) is 6.61 Å². The van der Waals surface area contributed by atoms with E-state index in [1.165, 1.54) is 0 Å². The lowest BCUT2D eigenvalue weighted by Crippen LogP contribution is -2.46. The topological polar surface area (TPSA) is 56.1 Å². The van der Waals surface area contributed by atoms with Crippen LogP contribution in [0, 0.1) is 5.41 Å². The molecule has 2 aromatic carbocycles. The molecule has 0 aliphatic rings. The summed E-state index contributed by atoms with van der Waals surface area (Å²) in [5, 5.41) is 4.95. The Hall–Kier alpha value is -3.52. The van der Waals surface area contributed by atoms with E-state index in [9.17, 15) is 18.0 Å². The highest BCUT2D eigenvalue weighted by molar-refractivity contribution is 6.30. The van der Waals surface area contributed by atoms with Crippen LogP contribution in [-0.2, 0) is 24.4 Å². The molecular formula is C30H31ClF3N3O2. The molecule has 1 N–H and O–H groups in total. The van der Waals surface area contributed by atoms with Gasteiger partial charge in [0.05, 0.1) is 11.0 Å². The number of rotatable bonds is 9. The van der Waals surface area contributed by atoms with Crippen LogP contribution < -0.4 is 10.1 Å². The molecule has 4 aromatic rings. The molecule has 2 aromatic heterocycles. The van der Waals surface area contributed by atoms with E-state index in [2.05, 4.69) is 33.1 Å². The molecule has 206 valence electrons. The normalized spacial score (nSPS) is 13.7. The third-order valence-corrected chi connectivity index (χ3v) is 7.20. The maximum absolute atomic E-state index is 13.4. The minimum atomic E-state index is -4.48. The fourth-order valence-electron chi connectivity index (χ4n) is 4.54. The van der Waals surface area contributed by atoms with Gasteiger partial charge in [-0.25, -0.2) is 4.98 Å². The summed E-state index contributed by atoms with van der Waals surface area (Å²) < 4.78 is 46.1. The van der Waals surface area contributed by atoms with Gasteiger partial charge in [0.15, 0.2) is 0 Å². The first kappa shape index (κ1) is 28.5. The summed E-state index contributed by atoms with van der Waals surface area (Å²) in [5.41, 5.74) is 1.49. The average molecular weight is 558 g/mol. The van der Waals surface area contributed by atoms with E-state index in [1.54, 1.807) is 13.8 Å². The summed E-state index contributed by atoms with van der Waals surface area (Å²) in [6, 6.07) is 17.8. The molecular weight excluding hydrogens is 527 g/mol. The molecule has 0 saturated carbocycles. The lowest BCUT2D eigenvalue weighted by molar-refractivity contribution is -0.137. The van der Waals surface area contributed by atoms with Crippen LogP contribution in [0.3, 0.4) is 0 Å². The van der Waals surface area contributed by atoms with Crippen LogP contribution in [0.25, 0.3) is 10.9 Å². The van der Waals surface area contributed by atoms with Gasteiger partial charge in [0.1, 0.15) is 6.61 Å². The zero-order chi connectivity index (χ0) is 28.4. The SMILES string of the molecule is CC(NC(=O)C(C)(C)COc1ccc(C(F)(F)F)cn1)C(Cc1ccc(Cl)cc1)c1cccc2c1ccn2C. The molecule has 1 amide bonds. The van der Waals surface area contributed by atoms with Gasteiger partial charge in [-0.2, -0.15) is 13.2 Å². The molecule has 0 fully saturated rings. The van der Waals surface area contributed by atoms with Crippen LogP contribution in [0.15, 0.2) is 73.1 Å². The molecule has 0 aliphatic carbocycles. The first-order chi connectivity index (χ1) is 18.3. The van der Waals surface area contributed by atoms with Crippen molar-refractivity contribution in [2.45, 2.75) is 45.3 Å². The Morgan fingerprint density at radius 1 is 1.08 bits per heavy atom. The Morgan fingerprint density at radius 3 is 2.44 bits per heavy atom. The molecule has 39 heavy (non-hydrogen) atoms. The number of alkyl halides is 3. The highest BCUT2D eigenvalue weighted by Gasteiger charge is 2.33. The second kappa shape index (κ2) is 11.3. The number of aryl methyl sites for hydroxylation is 1. The number of hydrogen-bond acceptors (Lipinski definition) is 3. The van der Waals surface area contributed by atoms with E-state index < -0.39 is 17.2 Å². The maximum Gasteiger partial charge on any atom is 0.417 e. The first-order valence-corrected chi connectivity index (χ1v) is 13.0. The minimum Gasteiger partial charge on any atom is -0.477 e. The second-order valence-corrected chi connectivity index (χ2v) is 10.9. The standard InChI is InChI=1S/C30H31ClF3N3O2/c1-19(36-28(38)29(2,3)18-39-27-13-10-21(17-35-27)30(32,33)34)25(16-20-8-11-22(31)12-9-20)23-6-5-7-26-24(23)14-15-37(26)4/h5-15,17,19,25H,16,18H2,1-4H3,(H,36,38). The Labute approximate surface area is 231 Å². The van der Waals surface area contributed by atoms with Crippen molar-refractivity contribution in [2.24, 2.45) is 12.5 Å². The van der Waals surface area contributed by atoms with Crippen LogP contribution in [-0.4, -0.2) is 28.1 Å². The van der Waals surface area contributed by atoms with E-state index in [4.69, 9.17) is 16.3 Å². The predicted molar refractivity (Wildman–Crippen MR) is 147 cm³/mol. The lowest BCUT2D eigenvalue weighted by Gasteiger charge is -2.30. The number of ether oxygens (including phenoxy) is 1. The average Bonchev–Trinajstić information content (AvgIpc) is 3.28. The van der Waals surface area contributed by atoms with E-state index in [1.807, 2.05) is 50.5 Å². The van der Waals surface area contributed by atoms with Gasteiger partial charge in [-0.1, -0.05) is 35.9 Å². The third kappa shape index (κ3) is 6.74. The van der Waals surface area contributed by atoms with Gasteiger partial charge in [0, 0.05) is 53.4 Å². The molecule has 5 nitrogen and oxygen atoms in total. The van der Waals surface area contributed by atoms with E-state index in [0.717, 1.165) is 40.4 Å². The molecule has 4 rings (SSSR count). The minimum absolute atomic E-state index is 0.0216. The Morgan fingerprint density at radius 2 is 1.79 bits per heavy atom. The van der Waals surface area contributed by atoms with Gasteiger partial charge in [-0.05, 0) is 68.7 Å². The Kier molecular flexibility index (Phi) is 8.25. The van der Waals surface area contributed by atoms with Crippen molar-refractivity contribution in [3.8, 4) is 5.88 Å². The number of halogens is 4. The van der Waals surface area contributed by atoms with Gasteiger partial charge in [0.25, 0.3) is 0 Å². The van der Waals surface area contributed by atoms with Crippen molar-refractivity contribution in [1.82, 2.24) is 14.9 Å². The molecule has 0 aliphatic heterocycles. The van der Waals surface area contributed by atoms with Gasteiger partial charge in [-0.15, -0.1) is 0 Å². The lowest BCUT2D eigenvalue weighted by atomic mass is 9.84. The molecule has 2 atom stereocenters. The number of nitrogens with zero attached hydrogens (tertiary/aromatic N) is 2. The highest BCUT2D eigenvalue weighted by Crippen LogP contribution is 2.33. The summed E-state index contributed by atoms with van der Waals surface area (Å²) in [5.74, 6) is -0.258. The molecule has 0 radical (unpaired) electrons. The summed E-state index contributed by atoms with van der Waals surface area (Å²) >= 11 is 6.10. The van der Waals surface area contributed by atoms with Crippen LogP contribution in [0.4, 0.5) is 13.2 Å². The molecule has 9 heteroatoms. The number of nitrogens with one attached hydrogen (secondary N) is 1. The number of fused-ring (bicyclic) bond motifs is 1. The fourth-order valence-corrected chi connectivity index (χ4v) is 4.66. The van der Waals surface area contributed by atoms with Crippen molar-refractivity contribution >= 4 is 28.4 Å². The number of amides is 1. The number of carbonyl (C=O) groups excluding carboxylic acids is 1. The highest BCUT2D eigenvalue weighted by atomic mass is 35.5. The summed E-state index contributed by atoms with van der Waals surface area (Å²) in [6.07, 6.45) is -1.06. The molecule has 2 heterocycles. The zero-order valence-electron chi connectivity index (χ0n) is 22.2. The molecule has 2 unspecified atom stereocenters. The number of carbonyl (C=O) groups is 1. The monoisotopic (exact) mass is 557 g/mol. The van der Waals surface area contributed by atoms with Crippen molar-refractivity contribution < 1.29 is 22.7 Å². The van der Waals surface area contributed by atoms with Crippen molar-refractivity contribution in [3.63, 3.8) is 0 Å². The second-order valence-electron chi connectivity index (χ2n) is 10.5. The van der Waals surface area contributed by atoms with Gasteiger partial charge >= 0.3 is 6.18 Å². The molecule has 0 saturated heterocycles. The van der Waals surface area contributed by atoms with Crippen LogP contribution in [0.5, 0.6) is 5.88 Å². The number of benzene rings is 2. The van der Waals surface area contributed by atoms with Gasteiger partial charge < -0.3 is 14.6 Å². The summed E-state index contributed by atoms with van der Waals surface area (Å²) in [6.45, 7) is 5.38. The maximum atomic E-state index is 13.4. The third-order valence-electron chi connectivity index (χ3n) is 6.95. The van der Waals surface area contributed by atoms with Crippen molar-refractivity contribution in [1.29, 1.82) is 0 Å². The number of aromatic nitrogens is 2. The van der Waals surface area contributed by atoms with Gasteiger partial charge in [-0.3, -0.25) is 4.79 Å². The van der Waals surface area contributed by atoms with Crippen LogP contribution in [0.1, 0.15) is 43.4 Å². The largest absolute Gasteiger partial charge is 0.477 e. The quantitative estimate of drug-likeness (QED) is 0.237. The van der Waals surface area contributed by atoms with Crippen LogP contribution >= 0.6 is 11.6 Å². The zero-order valence-corrected chi connectivity index (χ0v) is 23.0. The predicted octanol–water partition coefficient (Wildman–Crippen LogP) is 7.18. The van der Waals surface area contributed by atoms with Crippen molar-refractivity contribution in [3.05, 3.63) is 94.8 Å². The van der Waals surface area contributed by atoms with Gasteiger partial charge in [0.2, 0.25) is 11.8 Å².